The first kappa shape index (κ1) is 18.0. The van der Waals surface area contributed by atoms with Crippen molar-refractivity contribution in [2.45, 2.75) is 104 Å². The molecule has 0 aromatic heterocycles. The Labute approximate surface area is 127 Å². The third-order valence-corrected chi connectivity index (χ3v) is 5.25. The first-order valence-electron chi connectivity index (χ1n) is 9.13. The minimum absolute atomic E-state index is 0.0553. The lowest BCUT2D eigenvalue weighted by atomic mass is 9.67. The van der Waals surface area contributed by atoms with Crippen LogP contribution in [0.1, 0.15) is 98.3 Å². The van der Waals surface area contributed by atoms with Gasteiger partial charge >= 0.3 is 0 Å². The molecular weight excluding hydrogens is 244 g/mol. The highest BCUT2D eigenvalue weighted by atomic mass is 16.3. The van der Waals surface area contributed by atoms with E-state index < -0.39 is 0 Å². The van der Waals surface area contributed by atoms with Gasteiger partial charge in [0, 0.05) is 0 Å². The molecule has 3 atom stereocenters. The van der Waals surface area contributed by atoms with E-state index in [4.69, 9.17) is 0 Å². The van der Waals surface area contributed by atoms with E-state index in [1.807, 2.05) is 0 Å². The van der Waals surface area contributed by atoms with E-state index in [1.165, 1.54) is 64.2 Å². The molecule has 1 aliphatic carbocycles. The van der Waals surface area contributed by atoms with Crippen LogP contribution in [-0.2, 0) is 0 Å². The quantitative estimate of drug-likeness (QED) is 0.545. The number of hydrogen-bond acceptors (Lipinski definition) is 1. The lowest BCUT2D eigenvalue weighted by Gasteiger charge is -2.41. The fraction of sp³-hybridized carbons (Fsp3) is 1.00. The summed E-state index contributed by atoms with van der Waals surface area (Å²) in [6, 6.07) is 0. The number of aliphatic hydroxyl groups excluding tert-OH is 1. The predicted octanol–water partition coefficient (Wildman–Crippen LogP) is 5.95. The van der Waals surface area contributed by atoms with Crippen LogP contribution >= 0.6 is 0 Å². The van der Waals surface area contributed by atoms with Gasteiger partial charge in [-0.25, -0.2) is 0 Å². The van der Waals surface area contributed by atoms with E-state index in [9.17, 15) is 5.11 Å². The van der Waals surface area contributed by atoms with Crippen molar-refractivity contribution in [3.63, 3.8) is 0 Å². The maximum Gasteiger partial charge on any atom is 0.0573 e. The molecule has 0 heterocycles. The minimum Gasteiger partial charge on any atom is -0.393 e. The Kier molecular flexibility index (Phi) is 8.17. The number of aliphatic hydroxyl groups is 1. The van der Waals surface area contributed by atoms with Gasteiger partial charge in [-0.3, -0.25) is 0 Å². The van der Waals surface area contributed by atoms with Crippen LogP contribution in [0.2, 0.25) is 0 Å². The fourth-order valence-corrected chi connectivity index (χ4v) is 3.82. The third kappa shape index (κ3) is 6.61. The summed E-state index contributed by atoms with van der Waals surface area (Å²) in [7, 11) is 0. The number of rotatable bonds is 8. The van der Waals surface area contributed by atoms with Gasteiger partial charge in [-0.2, -0.15) is 0 Å². The molecule has 0 radical (unpaired) electrons. The molecule has 0 bridgehead atoms. The summed E-state index contributed by atoms with van der Waals surface area (Å²) in [5.41, 5.74) is 0.262. The zero-order chi connectivity index (χ0) is 15.0. The van der Waals surface area contributed by atoms with Gasteiger partial charge in [-0.05, 0) is 36.5 Å². The Morgan fingerprint density at radius 2 is 1.50 bits per heavy atom. The average Bonchev–Trinajstić information content (AvgIpc) is 2.38. The van der Waals surface area contributed by atoms with E-state index in [0.29, 0.717) is 5.92 Å². The van der Waals surface area contributed by atoms with Crippen molar-refractivity contribution in [1.29, 1.82) is 0 Å². The third-order valence-electron chi connectivity index (χ3n) is 5.25. The smallest absolute Gasteiger partial charge is 0.0573 e. The predicted molar refractivity (Wildman–Crippen MR) is 88.9 cm³/mol. The van der Waals surface area contributed by atoms with Crippen LogP contribution in [0.15, 0.2) is 0 Å². The van der Waals surface area contributed by atoms with Crippen molar-refractivity contribution in [3.8, 4) is 0 Å². The molecule has 1 aliphatic rings. The lowest BCUT2D eigenvalue weighted by Crippen LogP contribution is -2.37. The molecule has 1 nitrogen and oxygen atoms in total. The average molecular weight is 283 g/mol. The largest absolute Gasteiger partial charge is 0.393 e. The summed E-state index contributed by atoms with van der Waals surface area (Å²) < 4.78 is 0. The summed E-state index contributed by atoms with van der Waals surface area (Å²) in [5.74, 6) is 1.38. The second kappa shape index (κ2) is 9.07. The van der Waals surface area contributed by atoms with E-state index >= 15 is 0 Å². The molecule has 1 saturated carbocycles. The normalized spacial score (nSPS) is 27.8. The molecule has 0 spiro atoms. The zero-order valence-electron chi connectivity index (χ0n) is 14.5. The van der Waals surface area contributed by atoms with E-state index in [2.05, 4.69) is 27.7 Å². The Morgan fingerprint density at radius 3 is 2.10 bits per heavy atom. The fourth-order valence-electron chi connectivity index (χ4n) is 3.82. The summed E-state index contributed by atoms with van der Waals surface area (Å²) >= 11 is 0. The summed E-state index contributed by atoms with van der Waals surface area (Å²) in [5, 5.41) is 10.2. The Bertz CT molecular complexity index is 241. The van der Waals surface area contributed by atoms with Crippen LogP contribution in [0.4, 0.5) is 0 Å². The summed E-state index contributed by atoms with van der Waals surface area (Å²) in [6.45, 7) is 9.15. The van der Waals surface area contributed by atoms with Crippen molar-refractivity contribution >= 4 is 0 Å². The number of unbranched alkanes of at least 4 members (excludes halogenated alkanes) is 6. The highest BCUT2D eigenvalue weighted by Gasteiger charge is 2.36. The first-order chi connectivity index (χ1) is 9.45. The van der Waals surface area contributed by atoms with Crippen LogP contribution < -0.4 is 0 Å². The van der Waals surface area contributed by atoms with Crippen LogP contribution in [0.3, 0.4) is 0 Å². The number of hydrogen-bond donors (Lipinski definition) is 1. The van der Waals surface area contributed by atoms with Crippen LogP contribution in [-0.4, -0.2) is 11.2 Å². The van der Waals surface area contributed by atoms with Gasteiger partial charge in [0.15, 0.2) is 0 Å². The molecule has 0 aliphatic heterocycles. The van der Waals surface area contributed by atoms with Gasteiger partial charge in [-0.15, -0.1) is 0 Å². The minimum atomic E-state index is -0.0553. The monoisotopic (exact) mass is 282 g/mol. The van der Waals surface area contributed by atoms with Crippen LogP contribution in [0.5, 0.6) is 0 Å². The van der Waals surface area contributed by atoms with Gasteiger partial charge in [0.25, 0.3) is 0 Å². The second-order valence-electron chi connectivity index (χ2n) is 8.13. The molecule has 0 saturated heterocycles. The van der Waals surface area contributed by atoms with Crippen LogP contribution in [0, 0.1) is 17.3 Å². The Balaban J connectivity index is 2.15. The molecule has 1 fully saturated rings. The van der Waals surface area contributed by atoms with Gasteiger partial charge in [0.2, 0.25) is 0 Å². The molecule has 0 amide bonds. The van der Waals surface area contributed by atoms with Gasteiger partial charge in [-0.1, -0.05) is 79.1 Å². The van der Waals surface area contributed by atoms with E-state index in [-0.39, 0.29) is 11.5 Å². The summed E-state index contributed by atoms with van der Waals surface area (Å²) in [4.78, 5) is 0. The van der Waals surface area contributed by atoms with E-state index in [0.717, 1.165) is 12.3 Å². The van der Waals surface area contributed by atoms with Crippen molar-refractivity contribution in [3.05, 3.63) is 0 Å². The maximum absolute atomic E-state index is 10.2. The molecule has 0 aromatic rings. The standard InChI is InChI=1S/C19H38O/c1-5-6-7-8-9-10-11-12-16-13-14-18(20)17(15-16)19(2,3)4/h16-18,20H,5-15H2,1-4H3. The highest BCUT2D eigenvalue weighted by Crippen LogP contribution is 2.41. The SMILES string of the molecule is CCCCCCCCCC1CCC(O)C(C(C)(C)C)C1. The van der Waals surface area contributed by atoms with Gasteiger partial charge < -0.3 is 5.11 Å². The molecule has 1 rings (SSSR count). The van der Waals surface area contributed by atoms with E-state index in [1.54, 1.807) is 0 Å². The molecule has 1 N–H and O–H groups in total. The first-order valence-corrected chi connectivity index (χ1v) is 9.13. The van der Waals surface area contributed by atoms with Gasteiger partial charge in [0.1, 0.15) is 0 Å². The van der Waals surface area contributed by atoms with Crippen molar-refractivity contribution < 1.29 is 5.11 Å². The summed E-state index contributed by atoms with van der Waals surface area (Å²) in [6.07, 6.45) is 14.7. The van der Waals surface area contributed by atoms with Crippen molar-refractivity contribution in [2.24, 2.45) is 17.3 Å². The molecule has 0 aromatic carbocycles. The molecular formula is C19H38O. The van der Waals surface area contributed by atoms with Crippen molar-refractivity contribution in [2.75, 3.05) is 0 Å². The molecule has 20 heavy (non-hydrogen) atoms. The van der Waals surface area contributed by atoms with Crippen LogP contribution in [0.25, 0.3) is 0 Å². The van der Waals surface area contributed by atoms with Gasteiger partial charge in [0.05, 0.1) is 6.10 Å². The van der Waals surface area contributed by atoms with Crippen molar-refractivity contribution in [1.82, 2.24) is 0 Å². The maximum atomic E-state index is 10.2. The molecule has 1 heteroatoms. The zero-order valence-corrected chi connectivity index (χ0v) is 14.5. The second-order valence-corrected chi connectivity index (χ2v) is 8.13. The Hall–Kier alpha value is -0.0400. The molecule has 3 unspecified atom stereocenters. The highest BCUT2D eigenvalue weighted by molar-refractivity contribution is 4.86. The topological polar surface area (TPSA) is 20.2 Å². The molecule has 120 valence electrons. The Morgan fingerprint density at radius 1 is 0.900 bits per heavy atom. The lowest BCUT2D eigenvalue weighted by molar-refractivity contribution is -0.00978.